The lowest BCUT2D eigenvalue weighted by molar-refractivity contribution is 0.138. The largest absolute Gasteiger partial charge is 0.387 e. The summed E-state index contributed by atoms with van der Waals surface area (Å²) in [5.41, 5.74) is 7.24. The molecule has 0 aliphatic carbocycles. The van der Waals surface area contributed by atoms with Crippen molar-refractivity contribution in [2.75, 3.05) is 6.54 Å². The van der Waals surface area contributed by atoms with E-state index in [1.54, 1.807) is 11.3 Å². The maximum absolute atomic E-state index is 10.5. The van der Waals surface area contributed by atoms with Crippen molar-refractivity contribution in [2.45, 2.75) is 32.9 Å². The number of aliphatic hydroxyl groups is 1. The summed E-state index contributed by atoms with van der Waals surface area (Å²) in [4.78, 5) is 0. The number of nitrogens with one attached hydrogen (secondary N) is 1. The summed E-state index contributed by atoms with van der Waals surface area (Å²) >= 11 is 1.71. The molecule has 0 fully saturated rings. The molecule has 0 bridgehead atoms. The molecule has 27 heavy (non-hydrogen) atoms. The molecule has 2 aromatic carbocycles. The first-order valence-corrected chi connectivity index (χ1v) is 10.3. The second kappa shape index (κ2) is 9.14. The number of aryl methyl sites for hydroxylation is 2. The molecule has 0 amide bonds. The minimum atomic E-state index is -0.522. The van der Waals surface area contributed by atoms with Crippen LogP contribution in [0.25, 0.3) is 5.57 Å². The summed E-state index contributed by atoms with van der Waals surface area (Å²) in [7, 11) is 0. The molecule has 2 N–H and O–H groups in total. The molecule has 1 aromatic heterocycles. The highest BCUT2D eigenvalue weighted by Gasteiger charge is 2.15. The van der Waals surface area contributed by atoms with E-state index in [4.69, 9.17) is 0 Å². The number of hydrogen-bond donors (Lipinski definition) is 2. The van der Waals surface area contributed by atoms with Crippen molar-refractivity contribution in [3.05, 3.63) is 99.3 Å². The first kappa shape index (κ1) is 19.6. The van der Waals surface area contributed by atoms with Gasteiger partial charge < -0.3 is 10.4 Å². The number of benzene rings is 2. The van der Waals surface area contributed by atoms with Crippen molar-refractivity contribution in [3.63, 3.8) is 0 Å². The molecule has 0 aliphatic rings. The van der Waals surface area contributed by atoms with Crippen LogP contribution in [0.5, 0.6) is 0 Å². The molecule has 3 aromatic rings. The predicted molar refractivity (Wildman–Crippen MR) is 116 cm³/mol. The zero-order valence-corrected chi connectivity index (χ0v) is 17.0. The number of rotatable bonds is 7. The first-order valence-electron chi connectivity index (χ1n) is 9.33. The van der Waals surface area contributed by atoms with Gasteiger partial charge >= 0.3 is 0 Å². The van der Waals surface area contributed by atoms with Gasteiger partial charge in [0, 0.05) is 12.6 Å². The van der Waals surface area contributed by atoms with Gasteiger partial charge in [0.1, 0.15) is 0 Å². The first-order chi connectivity index (χ1) is 13.1. The molecular weight excluding hydrogens is 350 g/mol. The molecule has 1 heterocycles. The van der Waals surface area contributed by atoms with Crippen molar-refractivity contribution in [1.82, 2.24) is 5.32 Å². The quantitative estimate of drug-likeness (QED) is 0.569. The Labute approximate surface area is 166 Å². The molecule has 0 aliphatic heterocycles. The van der Waals surface area contributed by atoms with Crippen LogP contribution in [0.2, 0.25) is 0 Å². The van der Waals surface area contributed by atoms with Gasteiger partial charge in [-0.1, -0.05) is 54.6 Å². The SMILES string of the molecule is Cc1ccc(/C(=C/CNC(C)C(O)c2ccccc2)c2ccsc2)cc1C. The van der Waals surface area contributed by atoms with Gasteiger partial charge in [0.25, 0.3) is 0 Å². The molecule has 3 rings (SSSR count). The van der Waals surface area contributed by atoms with Gasteiger partial charge in [0.05, 0.1) is 6.10 Å². The maximum atomic E-state index is 10.5. The van der Waals surface area contributed by atoms with Crippen LogP contribution in [0.15, 0.2) is 71.4 Å². The van der Waals surface area contributed by atoms with Crippen molar-refractivity contribution < 1.29 is 5.11 Å². The Morgan fingerprint density at radius 3 is 2.48 bits per heavy atom. The van der Waals surface area contributed by atoms with Crippen molar-refractivity contribution in [3.8, 4) is 0 Å². The molecule has 2 unspecified atom stereocenters. The van der Waals surface area contributed by atoms with E-state index >= 15 is 0 Å². The zero-order chi connectivity index (χ0) is 19.2. The highest BCUT2D eigenvalue weighted by molar-refractivity contribution is 7.08. The van der Waals surface area contributed by atoms with Crippen LogP contribution >= 0.6 is 11.3 Å². The van der Waals surface area contributed by atoms with Crippen molar-refractivity contribution in [1.29, 1.82) is 0 Å². The summed E-state index contributed by atoms with van der Waals surface area (Å²) in [6.45, 7) is 7.01. The van der Waals surface area contributed by atoms with Crippen LogP contribution in [0.1, 0.15) is 40.8 Å². The average molecular weight is 378 g/mol. The van der Waals surface area contributed by atoms with Crippen LogP contribution < -0.4 is 5.32 Å². The van der Waals surface area contributed by atoms with Gasteiger partial charge in [-0.25, -0.2) is 0 Å². The van der Waals surface area contributed by atoms with E-state index in [0.29, 0.717) is 6.54 Å². The minimum absolute atomic E-state index is 0.0351. The zero-order valence-electron chi connectivity index (χ0n) is 16.1. The fourth-order valence-corrected chi connectivity index (χ4v) is 3.78. The Hall–Kier alpha value is -2.20. The van der Waals surface area contributed by atoms with E-state index in [9.17, 15) is 5.11 Å². The van der Waals surface area contributed by atoms with E-state index in [0.717, 1.165) is 5.56 Å². The Balaban J connectivity index is 1.75. The van der Waals surface area contributed by atoms with Crippen molar-refractivity contribution >= 4 is 16.9 Å². The number of aliphatic hydroxyl groups excluding tert-OH is 1. The number of hydrogen-bond acceptors (Lipinski definition) is 3. The van der Waals surface area contributed by atoms with Gasteiger partial charge in [0.15, 0.2) is 0 Å². The fraction of sp³-hybridized carbons (Fsp3) is 0.250. The molecular formula is C24H27NOS. The highest BCUT2D eigenvalue weighted by Crippen LogP contribution is 2.27. The van der Waals surface area contributed by atoms with Gasteiger partial charge in [-0.05, 0) is 71.0 Å². The highest BCUT2D eigenvalue weighted by atomic mass is 32.1. The lowest BCUT2D eigenvalue weighted by Gasteiger charge is -2.20. The van der Waals surface area contributed by atoms with E-state index in [1.807, 2.05) is 37.3 Å². The molecule has 3 heteroatoms. The van der Waals surface area contributed by atoms with Gasteiger partial charge in [0.2, 0.25) is 0 Å². The summed E-state index contributed by atoms with van der Waals surface area (Å²) < 4.78 is 0. The normalized spacial score (nSPS) is 14.1. The van der Waals surface area contributed by atoms with Gasteiger partial charge in [-0.15, -0.1) is 0 Å². The molecule has 0 saturated carbocycles. The van der Waals surface area contributed by atoms with Crippen LogP contribution in [-0.2, 0) is 0 Å². The predicted octanol–water partition coefficient (Wildman–Crippen LogP) is 5.51. The van der Waals surface area contributed by atoms with E-state index in [-0.39, 0.29) is 6.04 Å². The molecule has 0 spiro atoms. The Morgan fingerprint density at radius 2 is 1.81 bits per heavy atom. The second-order valence-electron chi connectivity index (χ2n) is 6.98. The molecule has 0 saturated heterocycles. The summed E-state index contributed by atoms with van der Waals surface area (Å²) in [5, 5.41) is 18.3. The third-order valence-corrected chi connectivity index (χ3v) is 5.69. The van der Waals surface area contributed by atoms with Gasteiger partial charge in [-0.3, -0.25) is 0 Å². The van der Waals surface area contributed by atoms with Crippen LogP contribution in [-0.4, -0.2) is 17.7 Å². The lowest BCUT2D eigenvalue weighted by Crippen LogP contribution is -2.32. The second-order valence-corrected chi connectivity index (χ2v) is 7.76. The fourth-order valence-electron chi connectivity index (χ4n) is 3.13. The average Bonchev–Trinajstić information content (AvgIpc) is 3.22. The molecule has 140 valence electrons. The van der Waals surface area contributed by atoms with Crippen LogP contribution in [0.3, 0.4) is 0 Å². The Morgan fingerprint density at radius 1 is 1.04 bits per heavy atom. The van der Waals surface area contributed by atoms with Crippen molar-refractivity contribution in [2.24, 2.45) is 0 Å². The van der Waals surface area contributed by atoms with Crippen LogP contribution in [0.4, 0.5) is 0 Å². The topological polar surface area (TPSA) is 32.3 Å². The maximum Gasteiger partial charge on any atom is 0.0940 e. The Kier molecular flexibility index (Phi) is 6.62. The summed E-state index contributed by atoms with van der Waals surface area (Å²) in [5.74, 6) is 0. The monoisotopic (exact) mass is 377 g/mol. The smallest absolute Gasteiger partial charge is 0.0940 e. The Bertz CT molecular complexity index is 884. The van der Waals surface area contributed by atoms with E-state index < -0.39 is 6.10 Å². The van der Waals surface area contributed by atoms with E-state index in [1.165, 1.54) is 27.8 Å². The third-order valence-electron chi connectivity index (χ3n) is 5.01. The summed E-state index contributed by atoms with van der Waals surface area (Å²) in [6.07, 6.45) is 1.70. The van der Waals surface area contributed by atoms with E-state index in [2.05, 4.69) is 60.3 Å². The molecule has 0 radical (unpaired) electrons. The standard InChI is InChI=1S/C24H27NOS/c1-17-9-10-21(15-18(17)2)23(22-12-14-27-16-22)11-13-25-19(3)24(26)20-7-5-4-6-8-20/h4-12,14-16,19,24-26H,13H2,1-3H3/b23-11-. The molecule has 2 nitrogen and oxygen atoms in total. The third kappa shape index (κ3) is 4.95. The summed E-state index contributed by atoms with van der Waals surface area (Å²) in [6, 6.07) is 18.6. The van der Waals surface area contributed by atoms with Crippen LogP contribution in [0, 0.1) is 13.8 Å². The molecule has 2 atom stereocenters. The lowest BCUT2D eigenvalue weighted by atomic mass is 9.96. The van der Waals surface area contributed by atoms with Gasteiger partial charge in [-0.2, -0.15) is 11.3 Å². The number of thiophene rings is 1. The minimum Gasteiger partial charge on any atom is -0.387 e.